The number of aromatic nitrogens is 1. The molecule has 0 aliphatic carbocycles. The first kappa shape index (κ1) is 14.4. The van der Waals surface area contributed by atoms with E-state index in [0.29, 0.717) is 0 Å². The van der Waals surface area contributed by atoms with Gasteiger partial charge in [0.05, 0.1) is 0 Å². The number of benzene rings is 1. The minimum atomic E-state index is -2.33. The second-order valence-electron chi connectivity index (χ2n) is 3.64. The summed E-state index contributed by atoms with van der Waals surface area (Å²) in [4.78, 5) is 15.3. The summed E-state index contributed by atoms with van der Waals surface area (Å²) in [6.07, 6.45) is 0.864. The number of hydrogen-bond donors (Lipinski definition) is 0. The van der Waals surface area contributed by atoms with Gasteiger partial charge in [-0.2, -0.15) is 0 Å². The Kier molecular flexibility index (Phi) is 3.71. The molecule has 0 unspecified atom stereocenters. The smallest absolute Gasteiger partial charge is 0.200 e. The van der Waals surface area contributed by atoms with Gasteiger partial charge < -0.3 is 0 Å². The molecule has 2 aromatic rings. The number of hydrogen-bond acceptors (Lipinski definition) is 2. The largest absolute Gasteiger partial charge is 0.288 e. The van der Waals surface area contributed by atoms with Crippen molar-refractivity contribution in [2.24, 2.45) is 0 Å². The first-order valence-electron chi connectivity index (χ1n) is 5.02. The fourth-order valence-corrected chi connectivity index (χ4v) is 1.57. The first-order valence-corrected chi connectivity index (χ1v) is 5.40. The van der Waals surface area contributed by atoms with E-state index in [4.69, 9.17) is 11.6 Å². The van der Waals surface area contributed by atoms with Crippen LogP contribution in [0.15, 0.2) is 18.3 Å². The van der Waals surface area contributed by atoms with Gasteiger partial charge in [-0.3, -0.25) is 4.79 Å². The number of rotatable bonds is 2. The van der Waals surface area contributed by atoms with E-state index in [2.05, 4.69) is 4.98 Å². The molecule has 2 rings (SSSR count). The zero-order valence-corrected chi connectivity index (χ0v) is 10.1. The van der Waals surface area contributed by atoms with Gasteiger partial charge in [-0.05, 0) is 12.1 Å². The molecule has 0 saturated heterocycles. The van der Waals surface area contributed by atoms with E-state index >= 15 is 0 Å². The van der Waals surface area contributed by atoms with Crippen LogP contribution in [0.2, 0.25) is 5.15 Å². The predicted molar refractivity (Wildman–Crippen MR) is 58.9 cm³/mol. The Bertz CT molecular complexity index is 673. The minimum Gasteiger partial charge on any atom is -0.288 e. The molecule has 104 valence electrons. The molecule has 0 N–H and O–H groups in total. The lowest BCUT2D eigenvalue weighted by molar-refractivity contribution is 0.102. The van der Waals surface area contributed by atoms with Crippen molar-refractivity contribution in [3.8, 4) is 0 Å². The molecule has 0 fully saturated rings. The van der Waals surface area contributed by atoms with Crippen LogP contribution < -0.4 is 0 Å². The van der Waals surface area contributed by atoms with Crippen LogP contribution in [0, 0.1) is 29.1 Å². The van der Waals surface area contributed by atoms with Crippen LogP contribution in [-0.4, -0.2) is 10.8 Å². The molecular weight excluding hydrogens is 305 g/mol. The summed E-state index contributed by atoms with van der Waals surface area (Å²) < 4.78 is 65.7. The number of pyridine rings is 1. The van der Waals surface area contributed by atoms with Gasteiger partial charge in [0.25, 0.3) is 0 Å². The van der Waals surface area contributed by atoms with Crippen LogP contribution in [0.5, 0.6) is 0 Å². The molecule has 1 heterocycles. The minimum absolute atomic E-state index is 0.000962. The summed E-state index contributed by atoms with van der Waals surface area (Å²) in [5.41, 5.74) is -1.90. The van der Waals surface area contributed by atoms with Crippen molar-refractivity contribution in [2.45, 2.75) is 0 Å². The lowest BCUT2D eigenvalue weighted by Gasteiger charge is -2.07. The Morgan fingerprint density at radius 2 is 1.40 bits per heavy atom. The molecule has 20 heavy (non-hydrogen) atoms. The van der Waals surface area contributed by atoms with Crippen molar-refractivity contribution in [1.82, 2.24) is 4.98 Å². The van der Waals surface area contributed by atoms with Gasteiger partial charge >= 0.3 is 0 Å². The van der Waals surface area contributed by atoms with Crippen molar-refractivity contribution in [3.05, 3.63) is 63.7 Å². The van der Waals surface area contributed by atoms with E-state index < -0.39 is 40.4 Å². The Balaban J connectivity index is 2.64. The van der Waals surface area contributed by atoms with Gasteiger partial charge in [0.2, 0.25) is 11.6 Å². The number of carbonyl (C=O) groups is 1. The lowest BCUT2D eigenvalue weighted by atomic mass is 10.0. The van der Waals surface area contributed by atoms with E-state index in [0.717, 1.165) is 18.3 Å². The molecule has 0 bridgehead atoms. The van der Waals surface area contributed by atoms with Crippen molar-refractivity contribution < 1.29 is 26.7 Å². The van der Waals surface area contributed by atoms with E-state index in [-0.39, 0.29) is 10.7 Å². The molecule has 0 aliphatic heterocycles. The first-order chi connectivity index (χ1) is 9.34. The van der Waals surface area contributed by atoms with Crippen LogP contribution in [-0.2, 0) is 0 Å². The van der Waals surface area contributed by atoms with Crippen LogP contribution >= 0.6 is 11.6 Å². The standard InChI is InChI=1S/C12H3ClF5NO/c13-5-2-1-4(3-19-5)12(20)6-7(14)9(16)11(18)10(17)8(6)15/h1-3H. The highest BCUT2D eigenvalue weighted by molar-refractivity contribution is 6.29. The normalized spacial score (nSPS) is 10.7. The van der Waals surface area contributed by atoms with Gasteiger partial charge in [-0.15, -0.1) is 0 Å². The van der Waals surface area contributed by atoms with Crippen LogP contribution in [0.1, 0.15) is 15.9 Å². The molecule has 1 aromatic heterocycles. The van der Waals surface area contributed by atoms with E-state index in [1.807, 2.05) is 0 Å². The highest BCUT2D eigenvalue weighted by Gasteiger charge is 2.30. The second-order valence-corrected chi connectivity index (χ2v) is 4.03. The summed E-state index contributed by atoms with van der Waals surface area (Å²) >= 11 is 5.46. The molecule has 0 aliphatic rings. The molecular formula is C12H3ClF5NO. The summed E-state index contributed by atoms with van der Waals surface area (Å²) in [7, 11) is 0. The van der Waals surface area contributed by atoms with E-state index in [1.54, 1.807) is 0 Å². The maximum atomic E-state index is 13.4. The third-order valence-corrected chi connectivity index (χ3v) is 2.65. The Morgan fingerprint density at radius 1 is 0.900 bits per heavy atom. The fraction of sp³-hybridized carbons (Fsp3) is 0. The van der Waals surface area contributed by atoms with Gasteiger partial charge in [-0.1, -0.05) is 11.6 Å². The average molecular weight is 308 g/mol. The zero-order chi connectivity index (χ0) is 15.0. The Hall–Kier alpha value is -2.02. The number of carbonyl (C=O) groups excluding carboxylic acids is 1. The molecule has 8 heteroatoms. The van der Waals surface area contributed by atoms with Gasteiger partial charge in [0, 0.05) is 11.8 Å². The highest BCUT2D eigenvalue weighted by atomic mass is 35.5. The van der Waals surface area contributed by atoms with E-state index in [9.17, 15) is 26.7 Å². The van der Waals surface area contributed by atoms with Gasteiger partial charge in [0.1, 0.15) is 10.7 Å². The van der Waals surface area contributed by atoms with Crippen LogP contribution in [0.25, 0.3) is 0 Å². The lowest BCUT2D eigenvalue weighted by Crippen LogP contribution is -2.13. The quantitative estimate of drug-likeness (QED) is 0.279. The van der Waals surface area contributed by atoms with Crippen molar-refractivity contribution in [3.63, 3.8) is 0 Å². The number of halogens is 6. The molecule has 0 atom stereocenters. The molecule has 1 aromatic carbocycles. The summed E-state index contributed by atoms with van der Waals surface area (Å²) in [6.45, 7) is 0. The van der Waals surface area contributed by atoms with E-state index in [1.165, 1.54) is 0 Å². The van der Waals surface area contributed by atoms with Crippen molar-refractivity contribution in [1.29, 1.82) is 0 Å². The second kappa shape index (κ2) is 5.16. The average Bonchev–Trinajstić information content (AvgIpc) is 2.44. The monoisotopic (exact) mass is 307 g/mol. The zero-order valence-electron chi connectivity index (χ0n) is 9.36. The highest BCUT2D eigenvalue weighted by Crippen LogP contribution is 2.25. The number of nitrogens with zero attached hydrogens (tertiary/aromatic N) is 1. The summed E-state index contributed by atoms with van der Waals surface area (Å²) in [5, 5.41) is -0.000962. The molecule has 0 amide bonds. The third-order valence-electron chi connectivity index (χ3n) is 2.43. The SMILES string of the molecule is O=C(c1ccc(Cl)nc1)c1c(F)c(F)c(F)c(F)c1F. The third kappa shape index (κ3) is 2.24. The summed E-state index contributed by atoms with van der Waals surface area (Å²) in [5.74, 6) is -12.5. The maximum absolute atomic E-state index is 13.4. The Morgan fingerprint density at radius 3 is 1.85 bits per heavy atom. The van der Waals surface area contributed by atoms with Gasteiger partial charge in [-0.25, -0.2) is 26.9 Å². The topological polar surface area (TPSA) is 30.0 Å². The molecule has 2 nitrogen and oxygen atoms in total. The summed E-state index contributed by atoms with van der Waals surface area (Å²) in [6, 6.07) is 2.19. The molecule has 0 spiro atoms. The predicted octanol–water partition coefficient (Wildman–Crippen LogP) is 3.66. The fourth-order valence-electron chi connectivity index (χ4n) is 1.46. The van der Waals surface area contributed by atoms with Crippen molar-refractivity contribution in [2.75, 3.05) is 0 Å². The number of ketones is 1. The molecule has 0 radical (unpaired) electrons. The van der Waals surface area contributed by atoms with Crippen LogP contribution in [0.3, 0.4) is 0 Å². The van der Waals surface area contributed by atoms with Gasteiger partial charge in [0.15, 0.2) is 23.3 Å². The molecule has 0 saturated carbocycles. The maximum Gasteiger partial charge on any atom is 0.200 e. The van der Waals surface area contributed by atoms with Crippen LogP contribution in [0.4, 0.5) is 22.0 Å². The Labute approximate surface area is 113 Å². The van der Waals surface area contributed by atoms with Crippen molar-refractivity contribution >= 4 is 17.4 Å².